The summed E-state index contributed by atoms with van der Waals surface area (Å²) < 4.78 is 5.33. The fourth-order valence-electron chi connectivity index (χ4n) is 1.84. The van der Waals surface area contributed by atoms with E-state index in [1.807, 2.05) is 0 Å². The first-order valence-electron chi connectivity index (χ1n) is 4.40. The molecule has 5 nitrogen and oxygen atoms in total. The smallest absolute Gasteiger partial charge is 0.232 e. The molecule has 1 amide bonds. The summed E-state index contributed by atoms with van der Waals surface area (Å²) in [6.45, 7) is 1.86. The molecule has 0 saturated carbocycles. The van der Waals surface area contributed by atoms with Crippen molar-refractivity contribution in [2.45, 2.75) is 25.4 Å². The van der Waals surface area contributed by atoms with Crippen LogP contribution in [0.15, 0.2) is 0 Å². The zero-order valence-electron chi connectivity index (χ0n) is 7.38. The molecule has 2 heterocycles. The maximum atomic E-state index is 11.2. The topological polar surface area (TPSA) is 70.0 Å². The number of aliphatic hydroxyl groups excluding tert-OH is 2. The highest BCUT2D eigenvalue weighted by atomic mass is 16.5. The van der Waals surface area contributed by atoms with Gasteiger partial charge >= 0.3 is 0 Å². The number of rotatable bonds is 1. The molecule has 2 aliphatic rings. The monoisotopic (exact) mass is 187 g/mol. The molecule has 0 spiro atoms. The Balaban J connectivity index is 2.04. The molecule has 2 N–H and O–H groups in total. The summed E-state index contributed by atoms with van der Waals surface area (Å²) in [5.41, 5.74) is 0. The van der Waals surface area contributed by atoms with Crippen LogP contribution in [0, 0.1) is 5.92 Å². The molecule has 0 radical (unpaired) electrons. The van der Waals surface area contributed by atoms with E-state index in [0.717, 1.165) is 0 Å². The van der Waals surface area contributed by atoms with Crippen LogP contribution < -0.4 is 0 Å². The van der Waals surface area contributed by atoms with E-state index in [9.17, 15) is 9.90 Å². The molecule has 2 saturated heterocycles. The van der Waals surface area contributed by atoms with Crippen LogP contribution >= 0.6 is 0 Å². The molecule has 74 valence electrons. The minimum atomic E-state index is -0.766. The van der Waals surface area contributed by atoms with Crippen LogP contribution in [0.5, 0.6) is 0 Å². The van der Waals surface area contributed by atoms with Gasteiger partial charge in [0.25, 0.3) is 0 Å². The highest BCUT2D eigenvalue weighted by Gasteiger charge is 2.50. The summed E-state index contributed by atoms with van der Waals surface area (Å²) in [6.07, 6.45) is -1.55. The van der Waals surface area contributed by atoms with Crippen LogP contribution in [0.1, 0.15) is 6.92 Å². The van der Waals surface area contributed by atoms with Gasteiger partial charge in [0.1, 0.15) is 18.4 Å². The van der Waals surface area contributed by atoms with Gasteiger partial charge in [-0.25, -0.2) is 0 Å². The summed E-state index contributed by atoms with van der Waals surface area (Å²) in [7, 11) is 0. The van der Waals surface area contributed by atoms with Gasteiger partial charge in [-0.15, -0.1) is 0 Å². The van der Waals surface area contributed by atoms with E-state index in [4.69, 9.17) is 9.84 Å². The lowest BCUT2D eigenvalue weighted by atomic mass is 9.94. The van der Waals surface area contributed by atoms with Crippen LogP contribution in [0.4, 0.5) is 0 Å². The first-order chi connectivity index (χ1) is 6.15. The summed E-state index contributed by atoms with van der Waals surface area (Å²) in [5.74, 6) is -0.123. The van der Waals surface area contributed by atoms with Gasteiger partial charge in [-0.2, -0.15) is 0 Å². The fraction of sp³-hybridized carbons (Fsp3) is 0.875. The van der Waals surface area contributed by atoms with Gasteiger partial charge in [0, 0.05) is 0 Å². The van der Waals surface area contributed by atoms with Crippen molar-refractivity contribution < 1.29 is 19.7 Å². The van der Waals surface area contributed by atoms with Gasteiger partial charge in [0.15, 0.2) is 0 Å². The van der Waals surface area contributed by atoms with Crippen molar-refractivity contribution >= 4 is 5.91 Å². The van der Waals surface area contributed by atoms with Gasteiger partial charge in [-0.3, -0.25) is 4.79 Å². The maximum Gasteiger partial charge on any atom is 0.232 e. The average Bonchev–Trinajstić information content (AvgIpc) is 2.16. The lowest BCUT2D eigenvalue weighted by molar-refractivity contribution is -0.248. The molecule has 0 aromatic carbocycles. The quantitative estimate of drug-likeness (QED) is 0.492. The molecule has 0 aliphatic carbocycles. The number of carbonyl (C=O) groups is 1. The number of ether oxygens (including phenoxy) is 1. The third-order valence-corrected chi connectivity index (χ3v) is 2.71. The molecule has 2 aliphatic heterocycles. The minimum absolute atomic E-state index is 0.0143. The Bertz CT molecular complexity index is 232. The number of aliphatic hydroxyl groups is 2. The normalized spacial score (nSPS) is 44.2. The zero-order chi connectivity index (χ0) is 9.59. The van der Waals surface area contributed by atoms with Crippen LogP contribution in [-0.4, -0.2) is 52.6 Å². The van der Waals surface area contributed by atoms with Gasteiger partial charge in [0.2, 0.25) is 5.91 Å². The van der Waals surface area contributed by atoms with Crippen molar-refractivity contribution in [3.8, 4) is 0 Å². The molecule has 0 aromatic heterocycles. The van der Waals surface area contributed by atoms with Crippen molar-refractivity contribution in [3.63, 3.8) is 0 Å². The van der Waals surface area contributed by atoms with E-state index in [1.54, 1.807) is 6.92 Å². The third kappa shape index (κ3) is 1.15. The molecule has 2 fully saturated rings. The van der Waals surface area contributed by atoms with E-state index in [2.05, 4.69) is 0 Å². The van der Waals surface area contributed by atoms with Crippen molar-refractivity contribution in [1.82, 2.24) is 4.90 Å². The number of carbonyl (C=O) groups excluding carboxylic acids is 1. The number of hydrogen-bond donors (Lipinski definition) is 2. The van der Waals surface area contributed by atoms with E-state index >= 15 is 0 Å². The molecule has 0 bridgehead atoms. The standard InChI is InChI=1S/C8H13NO4/c1-4-7(12)9-2-5(11)6(3-10)13-8(4)9/h4-6,8,10-11H,2-3H2,1H3/t4-,5-,6+,8-/m0/s1. The molecular formula is C8H13NO4. The predicted octanol–water partition coefficient (Wildman–Crippen LogP) is -1.46. The first-order valence-corrected chi connectivity index (χ1v) is 4.40. The Hall–Kier alpha value is -0.650. The summed E-state index contributed by atoms with van der Waals surface area (Å²) in [5, 5.41) is 18.3. The molecule has 0 unspecified atom stereocenters. The summed E-state index contributed by atoms with van der Waals surface area (Å²) >= 11 is 0. The Morgan fingerprint density at radius 3 is 3.00 bits per heavy atom. The highest BCUT2D eigenvalue weighted by molar-refractivity contribution is 5.85. The Morgan fingerprint density at radius 1 is 1.69 bits per heavy atom. The van der Waals surface area contributed by atoms with E-state index < -0.39 is 12.2 Å². The molecule has 2 rings (SSSR count). The lowest BCUT2D eigenvalue weighted by Gasteiger charge is -2.51. The van der Waals surface area contributed by atoms with Crippen molar-refractivity contribution in [2.24, 2.45) is 5.92 Å². The zero-order valence-corrected chi connectivity index (χ0v) is 7.38. The highest BCUT2D eigenvalue weighted by Crippen LogP contribution is 2.32. The van der Waals surface area contributed by atoms with Gasteiger partial charge in [0.05, 0.1) is 19.1 Å². The van der Waals surface area contributed by atoms with Gasteiger partial charge in [-0.1, -0.05) is 0 Å². The number of β-lactam (4-membered cyclic amide) rings is 1. The lowest BCUT2D eigenvalue weighted by Crippen LogP contribution is -2.68. The molecule has 5 heteroatoms. The van der Waals surface area contributed by atoms with Crippen LogP contribution in [0.2, 0.25) is 0 Å². The van der Waals surface area contributed by atoms with Crippen LogP contribution in [-0.2, 0) is 9.53 Å². The van der Waals surface area contributed by atoms with E-state index in [-0.39, 0.29) is 31.2 Å². The van der Waals surface area contributed by atoms with Gasteiger partial charge < -0.3 is 19.8 Å². The van der Waals surface area contributed by atoms with Crippen LogP contribution in [0.25, 0.3) is 0 Å². The minimum Gasteiger partial charge on any atom is -0.394 e. The molecule has 13 heavy (non-hydrogen) atoms. The third-order valence-electron chi connectivity index (χ3n) is 2.71. The number of nitrogens with zero attached hydrogens (tertiary/aromatic N) is 1. The predicted molar refractivity (Wildman–Crippen MR) is 42.6 cm³/mol. The van der Waals surface area contributed by atoms with Gasteiger partial charge in [-0.05, 0) is 6.92 Å². The SMILES string of the molecule is C[C@H]1C(=O)N2C[C@H](O)[C@@H](CO)O[C@@H]12. The summed E-state index contributed by atoms with van der Waals surface area (Å²) in [6, 6.07) is 0. The number of hydrogen-bond acceptors (Lipinski definition) is 4. The second kappa shape index (κ2) is 2.94. The first kappa shape index (κ1) is 8.93. The van der Waals surface area contributed by atoms with Crippen molar-refractivity contribution in [1.29, 1.82) is 0 Å². The Labute approximate surface area is 75.9 Å². The Morgan fingerprint density at radius 2 is 2.38 bits per heavy atom. The second-order valence-corrected chi connectivity index (χ2v) is 3.59. The van der Waals surface area contributed by atoms with Crippen LogP contribution in [0.3, 0.4) is 0 Å². The average molecular weight is 187 g/mol. The Kier molecular flexibility index (Phi) is 2.02. The largest absolute Gasteiger partial charge is 0.394 e. The summed E-state index contributed by atoms with van der Waals surface area (Å²) in [4.78, 5) is 12.7. The molecule has 4 atom stereocenters. The fourth-order valence-corrected chi connectivity index (χ4v) is 1.84. The number of fused-ring (bicyclic) bond motifs is 1. The van der Waals surface area contributed by atoms with E-state index in [1.165, 1.54) is 4.90 Å². The number of amides is 1. The molecule has 0 aromatic rings. The second-order valence-electron chi connectivity index (χ2n) is 3.59. The van der Waals surface area contributed by atoms with Crippen molar-refractivity contribution in [3.05, 3.63) is 0 Å². The van der Waals surface area contributed by atoms with Crippen molar-refractivity contribution in [2.75, 3.05) is 13.2 Å². The van der Waals surface area contributed by atoms with E-state index in [0.29, 0.717) is 0 Å². The maximum absolute atomic E-state index is 11.2. The molecular weight excluding hydrogens is 174 g/mol.